The summed E-state index contributed by atoms with van der Waals surface area (Å²) in [5.74, 6) is 5.13. The summed E-state index contributed by atoms with van der Waals surface area (Å²) < 4.78 is 27.0. The predicted octanol–water partition coefficient (Wildman–Crippen LogP) is 5.28. The second kappa shape index (κ2) is 6.97. The molecule has 0 N–H and O–H groups in total. The molecule has 1 aromatic heterocycles. The molecule has 2 nitrogen and oxygen atoms in total. The van der Waals surface area contributed by atoms with E-state index in [-0.39, 0.29) is 5.39 Å². The number of hydrogen-bond donors (Lipinski definition) is 0. The van der Waals surface area contributed by atoms with Crippen LogP contribution in [0, 0.1) is 30.4 Å². The van der Waals surface area contributed by atoms with Crippen molar-refractivity contribution in [3.8, 4) is 23.2 Å². The van der Waals surface area contributed by atoms with E-state index in [4.69, 9.17) is 0 Å². The Hall–Kier alpha value is -3.58. The standard InChI is InChI=1S/C23H14F2N2/c1-15-13-26-23(27-14-15)18-7-4-16(5-8-18)2-3-17-6-10-20-19(12-17)9-11-21(24)22(20)25/h4-14H,1H3. The Morgan fingerprint density at radius 3 is 2.19 bits per heavy atom. The van der Waals surface area contributed by atoms with E-state index in [1.54, 1.807) is 36.7 Å². The van der Waals surface area contributed by atoms with Crippen molar-refractivity contribution in [3.63, 3.8) is 0 Å². The lowest BCUT2D eigenvalue weighted by molar-refractivity contribution is 0.517. The maximum absolute atomic E-state index is 13.8. The van der Waals surface area contributed by atoms with Crippen molar-refractivity contribution in [3.05, 3.63) is 95.3 Å². The van der Waals surface area contributed by atoms with Crippen molar-refractivity contribution < 1.29 is 8.78 Å². The van der Waals surface area contributed by atoms with Gasteiger partial charge >= 0.3 is 0 Å². The molecule has 0 aliphatic rings. The Balaban J connectivity index is 1.60. The first kappa shape index (κ1) is 16.9. The van der Waals surface area contributed by atoms with Crippen LogP contribution in [0.5, 0.6) is 0 Å². The Labute approximate surface area is 155 Å². The molecule has 3 aromatic carbocycles. The molecule has 0 radical (unpaired) electrons. The third-order valence-corrected chi connectivity index (χ3v) is 4.18. The van der Waals surface area contributed by atoms with Crippen LogP contribution in [-0.2, 0) is 0 Å². The summed E-state index contributed by atoms with van der Waals surface area (Å²) in [5, 5.41) is 0.871. The fraction of sp³-hybridized carbons (Fsp3) is 0.0435. The van der Waals surface area contributed by atoms with Gasteiger partial charge in [0.25, 0.3) is 0 Å². The van der Waals surface area contributed by atoms with Crippen molar-refractivity contribution >= 4 is 10.8 Å². The summed E-state index contributed by atoms with van der Waals surface area (Å²) >= 11 is 0. The zero-order chi connectivity index (χ0) is 18.8. The molecule has 0 aliphatic heterocycles. The number of fused-ring (bicyclic) bond motifs is 1. The number of aryl methyl sites for hydroxylation is 1. The van der Waals surface area contributed by atoms with Crippen LogP contribution in [0.25, 0.3) is 22.2 Å². The van der Waals surface area contributed by atoms with Gasteiger partial charge in [-0.2, -0.15) is 0 Å². The number of hydrogen-bond acceptors (Lipinski definition) is 2. The average molecular weight is 356 g/mol. The van der Waals surface area contributed by atoms with Gasteiger partial charge in [0.1, 0.15) is 0 Å². The lowest BCUT2D eigenvalue weighted by Crippen LogP contribution is -1.89. The summed E-state index contributed by atoms with van der Waals surface area (Å²) in [7, 11) is 0. The molecule has 4 aromatic rings. The van der Waals surface area contributed by atoms with Crippen LogP contribution in [0.4, 0.5) is 8.78 Å². The molecule has 4 rings (SSSR count). The van der Waals surface area contributed by atoms with Gasteiger partial charge in [-0.25, -0.2) is 18.7 Å². The lowest BCUT2D eigenvalue weighted by Gasteiger charge is -2.01. The van der Waals surface area contributed by atoms with Crippen LogP contribution < -0.4 is 0 Å². The normalized spacial score (nSPS) is 10.5. The fourth-order valence-electron chi connectivity index (χ4n) is 2.73. The van der Waals surface area contributed by atoms with Crippen molar-refractivity contribution in [1.82, 2.24) is 9.97 Å². The van der Waals surface area contributed by atoms with Gasteiger partial charge in [0.15, 0.2) is 17.5 Å². The molecule has 0 aliphatic carbocycles. The molecule has 130 valence electrons. The summed E-state index contributed by atoms with van der Waals surface area (Å²) in [6, 6.07) is 15.3. The van der Waals surface area contributed by atoms with E-state index < -0.39 is 11.6 Å². The molecule has 0 fully saturated rings. The van der Waals surface area contributed by atoms with E-state index in [9.17, 15) is 8.78 Å². The second-order valence-corrected chi connectivity index (χ2v) is 6.21. The number of benzene rings is 3. The number of nitrogens with zero attached hydrogens (tertiary/aromatic N) is 2. The molecule has 0 bridgehead atoms. The molecule has 0 spiro atoms. The Morgan fingerprint density at radius 2 is 1.44 bits per heavy atom. The Bertz CT molecular complexity index is 1190. The van der Waals surface area contributed by atoms with Crippen molar-refractivity contribution in [2.24, 2.45) is 0 Å². The maximum Gasteiger partial charge on any atom is 0.166 e. The summed E-state index contributed by atoms with van der Waals surface area (Å²) in [6.07, 6.45) is 3.56. The topological polar surface area (TPSA) is 25.8 Å². The largest absolute Gasteiger partial charge is 0.236 e. The van der Waals surface area contributed by atoms with Gasteiger partial charge < -0.3 is 0 Å². The summed E-state index contributed by atoms with van der Waals surface area (Å²) in [6.45, 7) is 1.94. The van der Waals surface area contributed by atoms with E-state index in [1.165, 1.54) is 0 Å². The van der Waals surface area contributed by atoms with Crippen LogP contribution in [0.3, 0.4) is 0 Å². The summed E-state index contributed by atoms with van der Waals surface area (Å²) in [5.41, 5.74) is 3.51. The second-order valence-electron chi connectivity index (χ2n) is 6.21. The van der Waals surface area contributed by atoms with Gasteiger partial charge in [0, 0.05) is 34.5 Å². The van der Waals surface area contributed by atoms with E-state index in [1.807, 2.05) is 31.2 Å². The zero-order valence-electron chi connectivity index (χ0n) is 14.5. The molecule has 27 heavy (non-hydrogen) atoms. The van der Waals surface area contributed by atoms with E-state index in [0.29, 0.717) is 11.2 Å². The first-order valence-corrected chi connectivity index (χ1v) is 8.39. The third-order valence-electron chi connectivity index (χ3n) is 4.18. The number of halogens is 2. The first-order chi connectivity index (χ1) is 13.1. The molecule has 0 saturated carbocycles. The van der Waals surface area contributed by atoms with E-state index in [0.717, 1.165) is 28.3 Å². The molecule has 0 unspecified atom stereocenters. The highest BCUT2D eigenvalue weighted by Gasteiger charge is 2.06. The average Bonchev–Trinajstić information content (AvgIpc) is 2.70. The Morgan fingerprint density at radius 1 is 0.778 bits per heavy atom. The smallest absolute Gasteiger partial charge is 0.166 e. The predicted molar refractivity (Wildman–Crippen MR) is 102 cm³/mol. The van der Waals surface area contributed by atoms with Gasteiger partial charge in [0.05, 0.1) is 0 Å². The summed E-state index contributed by atoms with van der Waals surface area (Å²) in [4.78, 5) is 8.62. The van der Waals surface area contributed by atoms with Crippen LogP contribution in [-0.4, -0.2) is 9.97 Å². The van der Waals surface area contributed by atoms with Gasteiger partial charge in [-0.15, -0.1) is 0 Å². The van der Waals surface area contributed by atoms with Crippen molar-refractivity contribution in [2.75, 3.05) is 0 Å². The quantitative estimate of drug-likeness (QED) is 0.434. The number of rotatable bonds is 1. The maximum atomic E-state index is 13.8. The van der Waals surface area contributed by atoms with E-state index >= 15 is 0 Å². The van der Waals surface area contributed by atoms with Crippen molar-refractivity contribution in [2.45, 2.75) is 6.92 Å². The SMILES string of the molecule is Cc1cnc(-c2ccc(C#Cc3ccc4c(F)c(F)ccc4c3)cc2)nc1. The first-order valence-electron chi connectivity index (χ1n) is 8.39. The monoisotopic (exact) mass is 356 g/mol. The molecular weight excluding hydrogens is 342 g/mol. The minimum atomic E-state index is -0.848. The lowest BCUT2D eigenvalue weighted by atomic mass is 10.1. The molecular formula is C23H14F2N2. The molecule has 4 heteroatoms. The number of aromatic nitrogens is 2. The third kappa shape index (κ3) is 3.54. The van der Waals surface area contributed by atoms with Gasteiger partial charge in [-0.3, -0.25) is 0 Å². The highest BCUT2D eigenvalue weighted by Crippen LogP contribution is 2.21. The minimum Gasteiger partial charge on any atom is -0.236 e. The van der Waals surface area contributed by atoms with Crippen LogP contribution >= 0.6 is 0 Å². The van der Waals surface area contributed by atoms with Gasteiger partial charge in [0.2, 0.25) is 0 Å². The van der Waals surface area contributed by atoms with E-state index in [2.05, 4.69) is 21.8 Å². The van der Waals surface area contributed by atoms with Gasteiger partial charge in [-0.1, -0.05) is 24.0 Å². The molecule has 0 amide bonds. The molecule has 0 atom stereocenters. The zero-order valence-corrected chi connectivity index (χ0v) is 14.5. The van der Waals surface area contributed by atoms with Crippen molar-refractivity contribution in [1.29, 1.82) is 0 Å². The highest BCUT2D eigenvalue weighted by atomic mass is 19.2. The van der Waals surface area contributed by atoms with Crippen LogP contribution in [0.2, 0.25) is 0 Å². The minimum absolute atomic E-state index is 0.253. The highest BCUT2D eigenvalue weighted by molar-refractivity contribution is 5.84. The van der Waals surface area contributed by atoms with Crippen LogP contribution in [0.1, 0.15) is 16.7 Å². The molecule has 1 heterocycles. The van der Waals surface area contributed by atoms with Gasteiger partial charge in [-0.05, 0) is 60.3 Å². The molecule has 0 saturated heterocycles. The Kier molecular flexibility index (Phi) is 4.35. The van der Waals surface area contributed by atoms with Crippen LogP contribution in [0.15, 0.2) is 67.0 Å². The fourth-order valence-corrected chi connectivity index (χ4v) is 2.73.